The standard InChI is InChI=1S/C15H26N4O5.C2HF3O2/c1-3-9(2)13(15(23)24)18-14(22)10-5-4-6-19(10)12(21)8-17-11(20)7-16;3-2(4,5)1(6)7/h9-10,13H,3-8,16H2,1-2H3,(H,17,20)(H,18,22)(H,23,24);(H,6,7)/t9?,10-,13?;/m0./s1. The minimum atomic E-state index is -5.08. The molecular formula is C17H27F3N4O7. The van der Waals surface area contributed by atoms with E-state index in [-0.39, 0.29) is 24.9 Å². The number of carboxylic acids is 2. The second kappa shape index (κ2) is 12.7. The van der Waals surface area contributed by atoms with Crippen molar-refractivity contribution in [3.05, 3.63) is 0 Å². The minimum Gasteiger partial charge on any atom is -0.480 e. The Morgan fingerprint density at radius 2 is 1.74 bits per heavy atom. The molecule has 2 unspecified atom stereocenters. The van der Waals surface area contributed by atoms with E-state index >= 15 is 0 Å². The average Bonchev–Trinajstić information content (AvgIpc) is 3.18. The molecule has 14 heteroatoms. The number of carboxylic acid groups (broad SMARTS) is 2. The fourth-order valence-corrected chi connectivity index (χ4v) is 2.62. The summed E-state index contributed by atoms with van der Waals surface area (Å²) >= 11 is 0. The van der Waals surface area contributed by atoms with E-state index in [0.29, 0.717) is 25.8 Å². The first-order valence-corrected chi connectivity index (χ1v) is 9.35. The lowest BCUT2D eigenvalue weighted by Gasteiger charge is -2.27. The van der Waals surface area contributed by atoms with Crippen molar-refractivity contribution in [3.63, 3.8) is 0 Å². The number of aliphatic carboxylic acids is 2. The van der Waals surface area contributed by atoms with Crippen LogP contribution in [-0.2, 0) is 24.0 Å². The van der Waals surface area contributed by atoms with Gasteiger partial charge in [-0.15, -0.1) is 0 Å². The summed E-state index contributed by atoms with van der Waals surface area (Å²) in [5.74, 6) is -5.38. The Hall–Kier alpha value is -2.90. The first kappa shape index (κ1) is 28.1. The number of nitrogens with one attached hydrogen (secondary N) is 2. The largest absolute Gasteiger partial charge is 0.490 e. The molecule has 3 atom stereocenters. The molecule has 1 saturated heterocycles. The quantitative estimate of drug-likeness (QED) is 0.318. The summed E-state index contributed by atoms with van der Waals surface area (Å²) in [6, 6.07) is -1.70. The van der Waals surface area contributed by atoms with Gasteiger partial charge in [-0.3, -0.25) is 14.4 Å². The molecule has 0 aliphatic carbocycles. The molecule has 1 heterocycles. The summed E-state index contributed by atoms with van der Waals surface area (Å²) in [6.07, 6.45) is -3.36. The van der Waals surface area contributed by atoms with Gasteiger partial charge in [0.2, 0.25) is 17.7 Å². The van der Waals surface area contributed by atoms with E-state index in [1.54, 1.807) is 6.92 Å². The van der Waals surface area contributed by atoms with E-state index in [1.807, 2.05) is 6.92 Å². The van der Waals surface area contributed by atoms with Crippen LogP contribution in [0.15, 0.2) is 0 Å². The summed E-state index contributed by atoms with van der Waals surface area (Å²) in [5.41, 5.74) is 5.16. The molecule has 0 aromatic carbocycles. The fourth-order valence-electron chi connectivity index (χ4n) is 2.62. The van der Waals surface area contributed by atoms with Crippen LogP contribution in [-0.4, -0.2) is 82.7 Å². The van der Waals surface area contributed by atoms with Gasteiger partial charge < -0.3 is 31.5 Å². The zero-order valence-corrected chi connectivity index (χ0v) is 17.1. The molecule has 0 aromatic rings. The zero-order chi connectivity index (χ0) is 24.4. The van der Waals surface area contributed by atoms with Crippen LogP contribution in [0.4, 0.5) is 13.2 Å². The number of nitrogens with two attached hydrogens (primary N) is 1. The molecule has 1 aliphatic heterocycles. The number of carbonyl (C=O) groups is 5. The Labute approximate surface area is 176 Å². The maximum absolute atomic E-state index is 12.4. The number of hydrogen-bond acceptors (Lipinski definition) is 6. The summed E-state index contributed by atoms with van der Waals surface area (Å²) in [6.45, 7) is 3.55. The van der Waals surface area contributed by atoms with Crippen molar-refractivity contribution in [2.75, 3.05) is 19.6 Å². The summed E-state index contributed by atoms with van der Waals surface area (Å²) in [7, 11) is 0. The molecule has 0 saturated carbocycles. The molecule has 3 amide bonds. The predicted molar refractivity (Wildman–Crippen MR) is 99.5 cm³/mol. The van der Waals surface area contributed by atoms with Crippen molar-refractivity contribution in [1.82, 2.24) is 15.5 Å². The molecule has 1 fully saturated rings. The van der Waals surface area contributed by atoms with Crippen LogP contribution in [0.2, 0.25) is 0 Å². The number of alkyl halides is 3. The molecule has 1 aliphatic rings. The number of amides is 3. The van der Waals surface area contributed by atoms with Gasteiger partial charge in [0, 0.05) is 6.54 Å². The van der Waals surface area contributed by atoms with Gasteiger partial charge in [-0.25, -0.2) is 9.59 Å². The summed E-state index contributed by atoms with van der Waals surface area (Å²) in [4.78, 5) is 57.3. The first-order valence-electron chi connectivity index (χ1n) is 9.35. The smallest absolute Gasteiger partial charge is 0.480 e. The van der Waals surface area contributed by atoms with Crippen LogP contribution in [0.3, 0.4) is 0 Å². The predicted octanol–water partition coefficient (Wildman–Crippen LogP) is -0.699. The second-order valence-corrected chi connectivity index (χ2v) is 6.74. The molecule has 6 N–H and O–H groups in total. The van der Waals surface area contributed by atoms with Crippen molar-refractivity contribution in [1.29, 1.82) is 0 Å². The van der Waals surface area contributed by atoms with E-state index in [9.17, 15) is 37.5 Å². The Morgan fingerprint density at radius 1 is 1.19 bits per heavy atom. The van der Waals surface area contributed by atoms with Crippen LogP contribution in [0.25, 0.3) is 0 Å². The van der Waals surface area contributed by atoms with Crippen molar-refractivity contribution in [3.8, 4) is 0 Å². The van der Waals surface area contributed by atoms with Crippen molar-refractivity contribution in [2.45, 2.75) is 51.4 Å². The first-order chi connectivity index (χ1) is 14.3. The van der Waals surface area contributed by atoms with E-state index in [1.165, 1.54) is 4.90 Å². The molecule has 0 spiro atoms. The van der Waals surface area contributed by atoms with Crippen LogP contribution in [0, 0.1) is 5.92 Å². The molecular weight excluding hydrogens is 429 g/mol. The topological polar surface area (TPSA) is 179 Å². The highest BCUT2D eigenvalue weighted by molar-refractivity contribution is 5.92. The van der Waals surface area contributed by atoms with Gasteiger partial charge in [0.15, 0.2) is 0 Å². The van der Waals surface area contributed by atoms with Crippen LogP contribution in [0.5, 0.6) is 0 Å². The van der Waals surface area contributed by atoms with Crippen LogP contribution >= 0.6 is 0 Å². The third-order valence-electron chi connectivity index (χ3n) is 4.52. The Kier molecular flexibility index (Phi) is 11.5. The molecule has 178 valence electrons. The number of halogens is 3. The van der Waals surface area contributed by atoms with E-state index in [0.717, 1.165) is 0 Å². The zero-order valence-electron chi connectivity index (χ0n) is 17.1. The van der Waals surface area contributed by atoms with Gasteiger partial charge in [0.05, 0.1) is 13.1 Å². The lowest BCUT2D eigenvalue weighted by molar-refractivity contribution is -0.192. The molecule has 31 heavy (non-hydrogen) atoms. The van der Waals surface area contributed by atoms with Gasteiger partial charge in [0.1, 0.15) is 12.1 Å². The Bertz CT molecular complexity index is 673. The molecule has 0 aromatic heterocycles. The number of nitrogens with zero attached hydrogens (tertiary/aromatic N) is 1. The highest BCUT2D eigenvalue weighted by Gasteiger charge is 2.38. The maximum atomic E-state index is 12.4. The lowest BCUT2D eigenvalue weighted by atomic mass is 9.99. The van der Waals surface area contributed by atoms with E-state index in [2.05, 4.69) is 10.6 Å². The third kappa shape index (κ3) is 9.63. The van der Waals surface area contributed by atoms with Gasteiger partial charge in [0.25, 0.3) is 0 Å². The average molecular weight is 456 g/mol. The van der Waals surface area contributed by atoms with Crippen molar-refractivity contribution in [2.24, 2.45) is 11.7 Å². The van der Waals surface area contributed by atoms with Crippen LogP contribution in [0.1, 0.15) is 33.1 Å². The van der Waals surface area contributed by atoms with Gasteiger partial charge in [-0.1, -0.05) is 20.3 Å². The summed E-state index contributed by atoms with van der Waals surface area (Å²) in [5, 5.41) is 21.3. The fraction of sp³-hybridized carbons (Fsp3) is 0.706. The number of hydrogen-bond donors (Lipinski definition) is 5. The number of carbonyl (C=O) groups excluding carboxylic acids is 3. The molecule has 0 bridgehead atoms. The van der Waals surface area contributed by atoms with E-state index < -0.39 is 42.0 Å². The van der Waals surface area contributed by atoms with Gasteiger partial charge in [-0.05, 0) is 18.8 Å². The van der Waals surface area contributed by atoms with Gasteiger partial charge in [-0.2, -0.15) is 13.2 Å². The minimum absolute atomic E-state index is 0.216. The second-order valence-electron chi connectivity index (χ2n) is 6.74. The third-order valence-corrected chi connectivity index (χ3v) is 4.52. The Balaban J connectivity index is 0.00000110. The SMILES string of the molecule is CCC(C)C(NC(=O)[C@@H]1CCCN1C(=O)CNC(=O)CN)C(=O)O.O=C(O)C(F)(F)F. The highest BCUT2D eigenvalue weighted by atomic mass is 19.4. The number of likely N-dealkylation sites (tertiary alicyclic amines) is 1. The van der Waals surface area contributed by atoms with E-state index in [4.69, 9.17) is 15.6 Å². The van der Waals surface area contributed by atoms with Gasteiger partial charge >= 0.3 is 18.1 Å². The number of rotatable bonds is 8. The van der Waals surface area contributed by atoms with Crippen molar-refractivity contribution >= 4 is 29.7 Å². The normalized spacial score (nSPS) is 17.6. The Morgan fingerprint density at radius 3 is 2.16 bits per heavy atom. The monoisotopic (exact) mass is 456 g/mol. The van der Waals surface area contributed by atoms with Crippen LogP contribution < -0.4 is 16.4 Å². The molecule has 0 radical (unpaired) electrons. The highest BCUT2D eigenvalue weighted by Crippen LogP contribution is 2.18. The molecule has 1 rings (SSSR count). The maximum Gasteiger partial charge on any atom is 0.490 e. The van der Waals surface area contributed by atoms with Crippen molar-refractivity contribution < 1.29 is 47.4 Å². The molecule has 11 nitrogen and oxygen atoms in total. The lowest BCUT2D eigenvalue weighted by Crippen LogP contribution is -2.54. The summed E-state index contributed by atoms with van der Waals surface area (Å²) < 4.78 is 31.7.